The average molecular weight is 465 g/mol. The Morgan fingerprint density at radius 1 is 1.46 bits per heavy atom. The molecule has 1 aliphatic rings. The first kappa shape index (κ1) is 21.1. The smallest absolute Gasteiger partial charge is 0.222 e. The Morgan fingerprint density at radius 3 is 2.92 bits per heavy atom. The standard InChI is InChI=1S/C16H27N5OS.HI/c1-3-17-16(19-9-7-14-20-12-13(2)23-14)18-8-5-11-21-10-4-6-15(21)22;/h12H,3-11H2,1-2H3,(H2,17,18,19);1H. The van der Waals surface area contributed by atoms with E-state index in [1.807, 2.05) is 11.1 Å². The summed E-state index contributed by atoms with van der Waals surface area (Å²) in [5.74, 6) is 1.13. The number of hydrogen-bond acceptors (Lipinski definition) is 4. The van der Waals surface area contributed by atoms with Crippen LogP contribution in [0.3, 0.4) is 0 Å². The summed E-state index contributed by atoms with van der Waals surface area (Å²) in [7, 11) is 0. The number of guanidine groups is 1. The average Bonchev–Trinajstić information content (AvgIpc) is 3.12. The van der Waals surface area contributed by atoms with Crippen molar-refractivity contribution < 1.29 is 4.79 Å². The van der Waals surface area contributed by atoms with E-state index in [1.165, 1.54) is 4.88 Å². The molecule has 1 aromatic rings. The number of carbonyl (C=O) groups excluding carboxylic acids is 1. The predicted molar refractivity (Wildman–Crippen MR) is 110 cm³/mol. The van der Waals surface area contributed by atoms with Crippen molar-refractivity contribution in [2.45, 2.75) is 39.5 Å². The van der Waals surface area contributed by atoms with Gasteiger partial charge in [0.1, 0.15) is 0 Å². The molecule has 0 spiro atoms. The van der Waals surface area contributed by atoms with E-state index in [0.717, 1.165) is 63.0 Å². The molecule has 0 aliphatic carbocycles. The molecule has 1 aliphatic heterocycles. The van der Waals surface area contributed by atoms with E-state index >= 15 is 0 Å². The van der Waals surface area contributed by atoms with Crippen LogP contribution in [0.4, 0.5) is 0 Å². The third-order valence-corrected chi connectivity index (χ3v) is 4.64. The van der Waals surface area contributed by atoms with Gasteiger partial charge in [-0.05, 0) is 26.7 Å². The first-order chi connectivity index (χ1) is 11.2. The number of nitrogens with zero attached hydrogens (tertiary/aromatic N) is 3. The fourth-order valence-electron chi connectivity index (χ4n) is 2.54. The van der Waals surface area contributed by atoms with E-state index in [0.29, 0.717) is 6.42 Å². The maximum atomic E-state index is 11.5. The number of rotatable bonds is 8. The molecule has 1 amide bonds. The van der Waals surface area contributed by atoms with Crippen LogP contribution in [-0.2, 0) is 11.2 Å². The second-order valence-corrected chi connectivity index (χ2v) is 6.96. The normalized spacial score (nSPS) is 14.7. The fourth-order valence-corrected chi connectivity index (χ4v) is 3.33. The molecule has 0 radical (unpaired) electrons. The molecule has 0 unspecified atom stereocenters. The second-order valence-electron chi connectivity index (χ2n) is 5.64. The molecule has 1 aromatic heterocycles. The van der Waals surface area contributed by atoms with Gasteiger partial charge in [0.2, 0.25) is 5.91 Å². The molecule has 1 fully saturated rings. The molecular weight excluding hydrogens is 437 g/mol. The summed E-state index contributed by atoms with van der Waals surface area (Å²) in [6, 6.07) is 0. The first-order valence-corrected chi connectivity index (χ1v) is 9.22. The highest BCUT2D eigenvalue weighted by atomic mass is 127. The van der Waals surface area contributed by atoms with Crippen LogP contribution < -0.4 is 10.6 Å². The van der Waals surface area contributed by atoms with Gasteiger partial charge in [0.05, 0.1) is 5.01 Å². The van der Waals surface area contributed by atoms with Crippen LogP contribution in [0.1, 0.15) is 36.1 Å². The summed E-state index contributed by atoms with van der Waals surface area (Å²) in [5, 5.41) is 7.74. The number of thiazole rings is 1. The number of carbonyl (C=O) groups is 1. The van der Waals surface area contributed by atoms with E-state index in [9.17, 15) is 4.79 Å². The molecular formula is C16H28IN5OS. The van der Waals surface area contributed by atoms with Crippen LogP contribution in [-0.4, -0.2) is 54.5 Å². The molecule has 0 atom stereocenters. The number of hydrogen-bond donors (Lipinski definition) is 2. The zero-order chi connectivity index (χ0) is 16.5. The van der Waals surface area contributed by atoms with Crippen molar-refractivity contribution >= 4 is 47.2 Å². The van der Waals surface area contributed by atoms with Gasteiger partial charge in [0, 0.05) is 56.6 Å². The number of aryl methyl sites for hydroxylation is 1. The van der Waals surface area contributed by atoms with Crippen LogP contribution >= 0.6 is 35.3 Å². The van der Waals surface area contributed by atoms with Gasteiger partial charge in [0.15, 0.2) is 5.96 Å². The zero-order valence-electron chi connectivity index (χ0n) is 14.5. The highest BCUT2D eigenvalue weighted by molar-refractivity contribution is 14.0. The molecule has 0 aromatic carbocycles. The Kier molecular flexibility index (Phi) is 10.2. The molecule has 136 valence electrons. The van der Waals surface area contributed by atoms with Gasteiger partial charge in [0.25, 0.3) is 0 Å². The number of aromatic nitrogens is 1. The number of amides is 1. The van der Waals surface area contributed by atoms with Crippen molar-refractivity contribution in [3.05, 3.63) is 16.1 Å². The van der Waals surface area contributed by atoms with Crippen LogP contribution in [0.25, 0.3) is 0 Å². The van der Waals surface area contributed by atoms with Gasteiger partial charge < -0.3 is 15.5 Å². The van der Waals surface area contributed by atoms with E-state index < -0.39 is 0 Å². The minimum absolute atomic E-state index is 0. The van der Waals surface area contributed by atoms with Crippen LogP contribution in [0.15, 0.2) is 11.2 Å². The monoisotopic (exact) mass is 465 g/mol. The fraction of sp³-hybridized carbons (Fsp3) is 0.688. The van der Waals surface area contributed by atoms with Crippen molar-refractivity contribution in [2.75, 3.05) is 32.7 Å². The Balaban J connectivity index is 0.00000288. The Bertz CT molecular complexity index is 534. The zero-order valence-corrected chi connectivity index (χ0v) is 17.7. The predicted octanol–water partition coefficient (Wildman–Crippen LogP) is 2.18. The lowest BCUT2D eigenvalue weighted by molar-refractivity contribution is -0.127. The van der Waals surface area contributed by atoms with Crippen molar-refractivity contribution in [3.8, 4) is 0 Å². The first-order valence-electron chi connectivity index (χ1n) is 8.40. The van der Waals surface area contributed by atoms with E-state index in [-0.39, 0.29) is 29.9 Å². The van der Waals surface area contributed by atoms with Crippen LogP contribution in [0.2, 0.25) is 0 Å². The number of aliphatic imine (C=N–C) groups is 1. The van der Waals surface area contributed by atoms with Crippen molar-refractivity contribution in [3.63, 3.8) is 0 Å². The molecule has 6 nitrogen and oxygen atoms in total. The van der Waals surface area contributed by atoms with Crippen LogP contribution in [0, 0.1) is 6.92 Å². The minimum Gasteiger partial charge on any atom is -0.357 e. The van der Waals surface area contributed by atoms with Crippen molar-refractivity contribution in [2.24, 2.45) is 4.99 Å². The van der Waals surface area contributed by atoms with Crippen molar-refractivity contribution in [1.82, 2.24) is 20.5 Å². The lowest BCUT2D eigenvalue weighted by atomic mass is 10.4. The van der Waals surface area contributed by atoms with Gasteiger partial charge in [-0.25, -0.2) is 4.98 Å². The topological polar surface area (TPSA) is 69.6 Å². The minimum atomic E-state index is 0. The van der Waals surface area contributed by atoms with Gasteiger partial charge in [-0.15, -0.1) is 35.3 Å². The Morgan fingerprint density at radius 2 is 2.29 bits per heavy atom. The van der Waals surface area contributed by atoms with Crippen LogP contribution in [0.5, 0.6) is 0 Å². The lowest BCUT2D eigenvalue weighted by Gasteiger charge is -2.15. The maximum absolute atomic E-state index is 11.5. The molecule has 2 rings (SSSR count). The van der Waals surface area contributed by atoms with Gasteiger partial charge in [-0.1, -0.05) is 0 Å². The molecule has 0 saturated carbocycles. The highest BCUT2D eigenvalue weighted by Crippen LogP contribution is 2.11. The molecule has 24 heavy (non-hydrogen) atoms. The number of likely N-dealkylation sites (tertiary alicyclic amines) is 1. The summed E-state index contributed by atoms with van der Waals surface area (Å²) < 4.78 is 0. The van der Waals surface area contributed by atoms with E-state index in [1.54, 1.807) is 11.3 Å². The van der Waals surface area contributed by atoms with Gasteiger partial charge >= 0.3 is 0 Å². The summed E-state index contributed by atoms with van der Waals surface area (Å²) in [6.07, 6.45) is 5.45. The molecule has 0 bridgehead atoms. The summed E-state index contributed by atoms with van der Waals surface area (Å²) in [6.45, 7) is 8.26. The molecule has 2 heterocycles. The highest BCUT2D eigenvalue weighted by Gasteiger charge is 2.18. The largest absolute Gasteiger partial charge is 0.357 e. The summed E-state index contributed by atoms with van der Waals surface area (Å²) >= 11 is 1.74. The summed E-state index contributed by atoms with van der Waals surface area (Å²) in [5.41, 5.74) is 0. The number of halogens is 1. The van der Waals surface area contributed by atoms with Crippen molar-refractivity contribution in [1.29, 1.82) is 0 Å². The van der Waals surface area contributed by atoms with Gasteiger partial charge in [-0.3, -0.25) is 9.79 Å². The third-order valence-electron chi connectivity index (χ3n) is 3.67. The van der Waals surface area contributed by atoms with E-state index in [4.69, 9.17) is 0 Å². The third kappa shape index (κ3) is 7.33. The van der Waals surface area contributed by atoms with Gasteiger partial charge in [-0.2, -0.15) is 0 Å². The Labute approximate surface area is 165 Å². The quantitative estimate of drug-likeness (QED) is 0.267. The summed E-state index contributed by atoms with van der Waals surface area (Å²) in [4.78, 5) is 23.7. The SMILES string of the molecule is CCNC(=NCCCN1CCCC1=O)NCCc1ncc(C)s1.I. The van der Waals surface area contributed by atoms with E-state index in [2.05, 4.69) is 34.5 Å². The lowest BCUT2D eigenvalue weighted by Crippen LogP contribution is -2.38. The Hall–Kier alpha value is -0.900. The number of nitrogens with one attached hydrogen (secondary N) is 2. The maximum Gasteiger partial charge on any atom is 0.222 e. The molecule has 1 saturated heterocycles. The molecule has 8 heteroatoms. The second kappa shape index (κ2) is 11.6. The molecule has 2 N–H and O–H groups in total.